The SMILES string of the molecule is Cc1ccc2oc3c(C)cccc3c2c1.Cc1ccccc1-c1ccccc1C. The molecule has 1 heteroatoms. The summed E-state index contributed by atoms with van der Waals surface area (Å²) < 4.78 is 5.84. The van der Waals surface area contributed by atoms with Crippen LogP contribution in [-0.4, -0.2) is 0 Å². The first-order valence-electron chi connectivity index (χ1n) is 10.0. The first-order chi connectivity index (χ1) is 14.0. The molecule has 1 aromatic heterocycles. The molecule has 1 heterocycles. The van der Waals surface area contributed by atoms with E-state index in [1.807, 2.05) is 6.07 Å². The van der Waals surface area contributed by atoms with Gasteiger partial charge in [-0.05, 0) is 67.6 Å². The van der Waals surface area contributed by atoms with Gasteiger partial charge in [-0.25, -0.2) is 0 Å². The second-order valence-corrected chi connectivity index (χ2v) is 7.68. The van der Waals surface area contributed by atoms with Gasteiger partial charge in [0, 0.05) is 10.8 Å². The Labute approximate surface area is 172 Å². The van der Waals surface area contributed by atoms with Crippen LogP contribution in [0.15, 0.2) is 89.3 Å². The third kappa shape index (κ3) is 3.82. The summed E-state index contributed by atoms with van der Waals surface area (Å²) in [4.78, 5) is 0. The minimum atomic E-state index is 0.977. The summed E-state index contributed by atoms with van der Waals surface area (Å²) in [6, 6.07) is 29.6. The van der Waals surface area contributed by atoms with Crippen LogP contribution in [0, 0.1) is 27.7 Å². The molecule has 0 bridgehead atoms. The monoisotopic (exact) mass is 378 g/mol. The van der Waals surface area contributed by atoms with Gasteiger partial charge in [-0.2, -0.15) is 0 Å². The maximum Gasteiger partial charge on any atom is 0.138 e. The highest BCUT2D eigenvalue weighted by molar-refractivity contribution is 6.05. The topological polar surface area (TPSA) is 13.1 Å². The van der Waals surface area contributed by atoms with Gasteiger partial charge in [-0.3, -0.25) is 0 Å². The van der Waals surface area contributed by atoms with E-state index in [0.29, 0.717) is 0 Å². The van der Waals surface area contributed by atoms with E-state index in [1.165, 1.54) is 44.2 Å². The van der Waals surface area contributed by atoms with Crippen LogP contribution in [0.1, 0.15) is 22.3 Å². The molecule has 0 unspecified atom stereocenters. The lowest BCUT2D eigenvalue weighted by atomic mass is 9.97. The predicted molar refractivity (Wildman–Crippen MR) is 125 cm³/mol. The molecule has 0 amide bonds. The molecule has 0 N–H and O–H groups in total. The van der Waals surface area contributed by atoms with Crippen LogP contribution in [0.2, 0.25) is 0 Å². The Balaban J connectivity index is 0.000000142. The molecule has 5 aromatic rings. The van der Waals surface area contributed by atoms with E-state index in [4.69, 9.17) is 4.42 Å². The molecule has 0 atom stereocenters. The van der Waals surface area contributed by atoms with Crippen LogP contribution in [0.5, 0.6) is 0 Å². The Bertz CT molecular complexity index is 1250. The largest absolute Gasteiger partial charge is 0.456 e. The van der Waals surface area contributed by atoms with E-state index < -0.39 is 0 Å². The summed E-state index contributed by atoms with van der Waals surface area (Å²) >= 11 is 0. The average molecular weight is 379 g/mol. The maximum atomic E-state index is 5.84. The van der Waals surface area contributed by atoms with Gasteiger partial charge in [-0.1, -0.05) is 78.4 Å². The minimum Gasteiger partial charge on any atom is -0.456 e. The highest BCUT2D eigenvalue weighted by Crippen LogP contribution is 2.31. The van der Waals surface area contributed by atoms with Gasteiger partial charge in [-0.15, -0.1) is 0 Å². The zero-order valence-electron chi connectivity index (χ0n) is 17.5. The van der Waals surface area contributed by atoms with E-state index in [-0.39, 0.29) is 0 Å². The number of hydrogen-bond acceptors (Lipinski definition) is 1. The van der Waals surface area contributed by atoms with Crippen molar-refractivity contribution in [2.45, 2.75) is 27.7 Å². The number of furan rings is 1. The fourth-order valence-corrected chi connectivity index (χ4v) is 3.80. The Kier molecular flexibility index (Phi) is 5.22. The molecule has 1 nitrogen and oxygen atoms in total. The first kappa shape index (κ1) is 19.0. The number of fused-ring (bicyclic) bond motifs is 3. The third-order valence-electron chi connectivity index (χ3n) is 5.43. The Morgan fingerprint density at radius 2 is 1.10 bits per heavy atom. The molecule has 0 aliphatic rings. The zero-order chi connectivity index (χ0) is 20.4. The van der Waals surface area contributed by atoms with E-state index in [2.05, 4.69) is 107 Å². The van der Waals surface area contributed by atoms with E-state index in [9.17, 15) is 0 Å². The molecular formula is C28H26O. The summed E-state index contributed by atoms with van der Waals surface area (Å²) in [5.74, 6) is 0. The third-order valence-corrected chi connectivity index (χ3v) is 5.43. The van der Waals surface area contributed by atoms with E-state index >= 15 is 0 Å². The Morgan fingerprint density at radius 3 is 1.72 bits per heavy atom. The van der Waals surface area contributed by atoms with Crippen LogP contribution >= 0.6 is 0 Å². The van der Waals surface area contributed by atoms with Crippen molar-refractivity contribution >= 4 is 21.9 Å². The highest BCUT2D eigenvalue weighted by atomic mass is 16.3. The van der Waals surface area contributed by atoms with Crippen LogP contribution in [0.25, 0.3) is 33.1 Å². The predicted octanol–water partition coefficient (Wildman–Crippen LogP) is 8.17. The number of aryl methyl sites for hydroxylation is 4. The molecule has 0 aliphatic heterocycles. The van der Waals surface area contributed by atoms with Crippen molar-refractivity contribution in [2.75, 3.05) is 0 Å². The quantitative estimate of drug-likeness (QED) is 0.287. The lowest BCUT2D eigenvalue weighted by Gasteiger charge is -2.08. The molecule has 4 aromatic carbocycles. The average Bonchev–Trinajstić information content (AvgIpc) is 3.09. The smallest absolute Gasteiger partial charge is 0.138 e. The van der Waals surface area contributed by atoms with Crippen molar-refractivity contribution < 1.29 is 4.42 Å². The molecule has 0 saturated carbocycles. The number of benzene rings is 4. The number of para-hydroxylation sites is 1. The molecule has 0 aliphatic carbocycles. The summed E-state index contributed by atoms with van der Waals surface area (Å²) in [5, 5.41) is 2.43. The molecular weight excluding hydrogens is 352 g/mol. The van der Waals surface area contributed by atoms with Gasteiger partial charge in [0.15, 0.2) is 0 Å². The van der Waals surface area contributed by atoms with Crippen molar-refractivity contribution in [3.63, 3.8) is 0 Å². The summed E-state index contributed by atoms with van der Waals surface area (Å²) in [6.07, 6.45) is 0. The van der Waals surface area contributed by atoms with Crippen molar-refractivity contribution in [3.8, 4) is 11.1 Å². The van der Waals surface area contributed by atoms with Crippen molar-refractivity contribution in [1.29, 1.82) is 0 Å². The summed E-state index contributed by atoms with van der Waals surface area (Å²) in [7, 11) is 0. The molecule has 144 valence electrons. The summed E-state index contributed by atoms with van der Waals surface area (Å²) in [5.41, 5.74) is 9.80. The van der Waals surface area contributed by atoms with E-state index in [0.717, 1.165) is 11.2 Å². The Morgan fingerprint density at radius 1 is 0.517 bits per heavy atom. The zero-order valence-corrected chi connectivity index (χ0v) is 17.5. The van der Waals surface area contributed by atoms with Crippen molar-refractivity contribution in [3.05, 3.63) is 107 Å². The number of rotatable bonds is 1. The van der Waals surface area contributed by atoms with Crippen LogP contribution in [-0.2, 0) is 0 Å². The van der Waals surface area contributed by atoms with E-state index in [1.54, 1.807) is 0 Å². The molecule has 29 heavy (non-hydrogen) atoms. The van der Waals surface area contributed by atoms with Gasteiger partial charge in [0.1, 0.15) is 11.2 Å². The Hall–Kier alpha value is -3.32. The van der Waals surface area contributed by atoms with Crippen molar-refractivity contribution in [1.82, 2.24) is 0 Å². The van der Waals surface area contributed by atoms with Crippen molar-refractivity contribution in [2.24, 2.45) is 0 Å². The second-order valence-electron chi connectivity index (χ2n) is 7.68. The van der Waals surface area contributed by atoms with Gasteiger partial charge in [0.05, 0.1) is 0 Å². The minimum absolute atomic E-state index is 0.977. The molecule has 0 saturated heterocycles. The van der Waals surface area contributed by atoms with Gasteiger partial charge in [0.25, 0.3) is 0 Å². The second kappa shape index (κ2) is 7.97. The fraction of sp³-hybridized carbons (Fsp3) is 0.143. The molecule has 0 spiro atoms. The standard InChI is InChI=1S/C14H12O.C14H14/c1-9-6-7-13-12(8-9)11-5-3-4-10(2)14(11)15-13;1-11-7-3-5-9-13(11)14-10-6-4-8-12(14)2/h3-8H,1-2H3;3-10H,1-2H3. The van der Waals surface area contributed by atoms with Crippen LogP contribution < -0.4 is 0 Å². The van der Waals surface area contributed by atoms with Gasteiger partial charge >= 0.3 is 0 Å². The molecule has 5 rings (SSSR count). The summed E-state index contributed by atoms with van der Waals surface area (Å²) in [6.45, 7) is 8.50. The normalized spacial score (nSPS) is 10.8. The van der Waals surface area contributed by atoms with Crippen LogP contribution in [0.4, 0.5) is 0 Å². The maximum absolute atomic E-state index is 5.84. The lowest BCUT2D eigenvalue weighted by Crippen LogP contribution is -1.85. The molecule has 0 fully saturated rings. The van der Waals surface area contributed by atoms with Gasteiger partial charge < -0.3 is 4.42 Å². The first-order valence-corrected chi connectivity index (χ1v) is 10.0. The lowest BCUT2D eigenvalue weighted by molar-refractivity contribution is 0.665. The van der Waals surface area contributed by atoms with Gasteiger partial charge in [0.2, 0.25) is 0 Å². The fourth-order valence-electron chi connectivity index (χ4n) is 3.80. The number of hydrogen-bond donors (Lipinski definition) is 0. The molecule has 0 radical (unpaired) electrons. The highest BCUT2D eigenvalue weighted by Gasteiger charge is 2.07. The van der Waals surface area contributed by atoms with Crippen LogP contribution in [0.3, 0.4) is 0 Å².